The van der Waals surface area contributed by atoms with Gasteiger partial charge in [0.1, 0.15) is 6.04 Å². The number of carbonyl (C=O) groups is 2. The molecule has 1 atom stereocenters. The van der Waals surface area contributed by atoms with Crippen molar-refractivity contribution in [1.29, 1.82) is 0 Å². The number of amides is 2. The lowest BCUT2D eigenvalue weighted by atomic mass is 9.79. The fourth-order valence-electron chi connectivity index (χ4n) is 3.24. The Labute approximate surface area is 126 Å². The van der Waals surface area contributed by atoms with Gasteiger partial charge in [-0.05, 0) is 31.2 Å². The molecule has 2 heterocycles. The van der Waals surface area contributed by atoms with Crippen LogP contribution in [0.2, 0.25) is 0 Å². The Bertz CT molecular complexity index is 828. The number of rotatable bonds is 2. The summed E-state index contributed by atoms with van der Waals surface area (Å²) in [6, 6.07) is 4.84. The number of aromatic nitrogens is 1. The van der Waals surface area contributed by atoms with Crippen LogP contribution in [0.25, 0.3) is 11.0 Å². The van der Waals surface area contributed by atoms with Crippen molar-refractivity contribution >= 4 is 22.8 Å². The zero-order chi connectivity index (χ0) is 15.3. The van der Waals surface area contributed by atoms with E-state index in [2.05, 4.69) is 5.32 Å². The van der Waals surface area contributed by atoms with Gasteiger partial charge in [0.2, 0.25) is 5.91 Å². The lowest BCUT2D eigenvalue weighted by molar-refractivity contribution is -0.137. The number of imide groups is 1. The molecule has 6 nitrogen and oxygen atoms in total. The third kappa shape index (κ3) is 1.90. The van der Waals surface area contributed by atoms with Gasteiger partial charge in [0.25, 0.3) is 11.5 Å². The van der Waals surface area contributed by atoms with E-state index in [1.54, 1.807) is 6.07 Å². The molecule has 22 heavy (non-hydrogen) atoms. The monoisotopic (exact) mass is 300 g/mol. The minimum absolute atomic E-state index is 0.218. The number of carbonyl (C=O) groups excluding carboxylic acids is 2. The maximum Gasteiger partial charge on any atom is 0.291 e. The van der Waals surface area contributed by atoms with E-state index >= 15 is 0 Å². The van der Waals surface area contributed by atoms with Gasteiger partial charge in [-0.3, -0.25) is 19.7 Å². The molecular formula is C16H16N2O4. The number of nitrogens with zero attached hydrogens (tertiary/aromatic N) is 1. The number of piperidine rings is 1. The van der Waals surface area contributed by atoms with Crippen molar-refractivity contribution in [2.24, 2.45) is 0 Å². The van der Waals surface area contributed by atoms with E-state index in [0.717, 1.165) is 23.1 Å². The van der Waals surface area contributed by atoms with E-state index in [1.165, 1.54) is 6.42 Å². The molecule has 2 aromatic rings. The van der Waals surface area contributed by atoms with Crippen LogP contribution in [0.15, 0.2) is 27.5 Å². The second kappa shape index (κ2) is 4.83. The highest BCUT2D eigenvalue weighted by Crippen LogP contribution is 2.39. The van der Waals surface area contributed by atoms with Gasteiger partial charge in [-0.1, -0.05) is 18.6 Å². The molecule has 1 aromatic heterocycles. The average Bonchev–Trinajstić information content (AvgIpc) is 2.76. The molecule has 2 aliphatic rings. The van der Waals surface area contributed by atoms with Gasteiger partial charge in [0.05, 0.1) is 5.39 Å². The standard InChI is InChI=1S/C16H16N2O4/c19-13-8-7-12(15(20)17-13)18-16(21)11-6-2-5-10(14(11)22-18)9-3-1-4-9/h2,5-6,9,12H,1,3-4,7-8H2,(H,17,19,20). The predicted molar refractivity (Wildman–Crippen MR) is 78.5 cm³/mol. The molecule has 1 unspecified atom stereocenters. The maximum absolute atomic E-state index is 12.5. The van der Waals surface area contributed by atoms with Gasteiger partial charge in [-0.2, -0.15) is 4.74 Å². The van der Waals surface area contributed by atoms with Gasteiger partial charge < -0.3 is 4.52 Å². The topological polar surface area (TPSA) is 81.3 Å². The zero-order valence-electron chi connectivity index (χ0n) is 12.0. The summed E-state index contributed by atoms with van der Waals surface area (Å²) >= 11 is 0. The van der Waals surface area contributed by atoms with Crippen LogP contribution in [-0.2, 0) is 9.59 Å². The Morgan fingerprint density at radius 2 is 1.95 bits per heavy atom. The van der Waals surface area contributed by atoms with Crippen LogP contribution in [-0.4, -0.2) is 16.6 Å². The molecule has 6 heteroatoms. The van der Waals surface area contributed by atoms with E-state index in [-0.39, 0.29) is 17.9 Å². The molecule has 0 radical (unpaired) electrons. The van der Waals surface area contributed by atoms with Gasteiger partial charge in [0.15, 0.2) is 5.58 Å². The summed E-state index contributed by atoms with van der Waals surface area (Å²) in [5.41, 5.74) is 1.33. The highest BCUT2D eigenvalue weighted by Gasteiger charge is 2.32. The highest BCUT2D eigenvalue weighted by molar-refractivity contribution is 5.99. The number of nitrogens with one attached hydrogen (secondary N) is 1. The number of hydrogen-bond acceptors (Lipinski definition) is 4. The van der Waals surface area contributed by atoms with Crippen molar-refractivity contribution in [3.05, 3.63) is 34.1 Å². The van der Waals surface area contributed by atoms with E-state index in [4.69, 9.17) is 4.52 Å². The van der Waals surface area contributed by atoms with Gasteiger partial charge in [-0.25, -0.2) is 0 Å². The van der Waals surface area contributed by atoms with Crippen LogP contribution in [0.5, 0.6) is 0 Å². The quantitative estimate of drug-likeness (QED) is 0.858. The molecule has 1 saturated heterocycles. The van der Waals surface area contributed by atoms with Gasteiger partial charge in [0, 0.05) is 12.0 Å². The summed E-state index contributed by atoms with van der Waals surface area (Å²) in [6.07, 6.45) is 3.91. The summed E-state index contributed by atoms with van der Waals surface area (Å²) in [6.45, 7) is 0. The first kappa shape index (κ1) is 13.3. The van der Waals surface area contributed by atoms with Crippen LogP contribution >= 0.6 is 0 Å². The molecule has 1 aliphatic carbocycles. The molecule has 2 fully saturated rings. The molecule has 1 N–H and O–H groups in total. The number of fused-ring (bicyclic) bond motifs is 1. The fraction of sp³-hybridized carbons (Fsp3) is 0.438. The molecule has 114 valence electrons. The van der Waals surface area contributed by atoms with Crippen molar-refractivity contribution in [3.8, 4) is 0 Å². The smallest absolute Gasteiger partial charge is 0.291 e. The number of benzene rings is 1. The summed E-state index contributed by atoms with van der Waals surface area (Å²) in [7, 11) is 0. The molecule has 1 aliphatic heterocycles. The van der Waals surface area contributed by atoms with Crippen molar-refractivity contribution in [2.45, 2.75) is 44.1 Å². The van der Waals surface area contributed by atoms with E-state index in [0.29, 0.717) is 23.3 Å². The number of para-hydroxylation sites is 1. The molecular weight excluding hydrogens is 284 g/mol. The first-order valence-corrected chi connectivity index (χ1v) is 7.63. The first-order chi connectivity index (χ1) is 10.6. The van der Waals surface area contributed by atoms with Crippen molar-refractivity contribution < 1.29 is 14.1 Å². The van der Waals surface area contributed by atoms with Crippen molar-refractivity contribution in [1.82, 2.24) is 10.1 Å². The van der Waals surface area contributed by atoms with Crippen LogP contribution in [0, 0.1) is 0 Å². The summed E-state index contributed by atoms with van der Waals surface area (Å²) < 4.78 is 6.90. The van der Waals surface area contributed by atoms with E-state index in [1.807, 2.05) is 12.1 Å². The minimum atomic E-state index is -0.744. The fourth-order valence-corrected chi connectivity index (χ4v) is 3.24. The molecule has 0 spiro atoms. The normalized spacial score (nSPS) is 22.6. The third-order valence-corrected chi connectivity index (χ3v) is 4.70. The Hall–Kier alpha value is -2.37. The Kier molecular flexibility index (Phi) is 2.92. The van der Waals surface area contributed by atoms with Gasteiger partial charge >= 0.3 is 0 Å². The van der Waals surface area contributed by atoms with Crippen LogP contribution in [0.3, 0.4) is 0 Å². The average molecular weight is 300 g/mol. The number of hydrogen-bond donors (Lipinski definition) is 1. The second-order valence-corrected chi connectivity index (χ2v) is 6.04. The van der Waals surface area contributed by atoms with E-state index in [9.17, 15) is 14.4 Å². The Morgan fingerprint density at radius 1 is 1.14 bits per heavy atom. The van der Waals surface area contributed by atoms with Crippen LogP contribution < -0.4 is 10.9 Å². The van der Waals surface area contributed by atoms with Crippen LogP contribution in [0.1, 0.15) is 49.6 Å². The SMILES string of the molecule is O=C1CCC(n2oc3c(C4CCC4)cccc3c2=O)C(=O)N1. The molecule has 0 bridgehead atoms. The predicted octanol–water partition coefficient (Wildman–Crippen LogP) is 1.84. The summed E-state index contributed by atoms with van der Waals surface area (Å²) in [5.74, 6) is -0.340. The molecule has 2 amide bonds. The third-order valence-electron chi connectivity index (χ3n) is 4.70. The van der Waals surface area contributed by atoms with Crippen LogP contribution in [0.4, 0.5) is 0 Å². The van der Waals surface area contributed by atoms with Crippen molar-refractivity contribution in [3.63, 3.8) is 0 Å². The van der Waals surface area contributed by atoms with Crippen molar-refractivity contribution in [2.75, 3.05) is 0 Å². The molecule has 1 saturated carbocycles. The largest absolute Gasteiger partial charge is 0.375 e. The minimum Gasteiger partial charge on any atom is -0.375 e. The zero-order valence-corrected chi connectivity index (χ0v) is 12.0. The summed E-state index contributed by atoms with van der Waals surface area (Å²) in [5, 5.41) is 2.77. The second-order valence-electron chi connectivity index (χ2n) is 6.04. The Balaban J connectivity index is 1.82. The molecule has 4 rings (SSSR count). The molecule has 1 aromatic carbocycles. The maximum atomic E-state index is 12.5. The summed E-state index contributed by atoms with van der Waals surface area (Å²) in [4.78, 5) is 35.8. The highest BCUT2D eigenvalue weighted by atomic mass is 16.5. The van der Waals surface area contributed by atoms with E-state index < -0.39 is 11.9 Å². The lowest BCUT2D eigenvalue weighted by Crippen LogP contribution is -2.43. The lowest BCUT2D eigenvalue weighted by Gasteiger charge is -2.25. The first-order valence-electron chi connectivity index (χ1n) is 7.63. The Morgan fingerprint density at radius 3 is 2.64 bits per heavy atom. The van der Waals surface area contributed by atoms with Gasteiger partial charge in [-0.15, -0.1) is 0 Å².